The highest BCUT2D eigenvalue weighted by Crippen LogP contribution is 2.22. The first kappa shape index (κ1) is 10.5. The van der Waals surface area contributed by atoms with Crippen LogP contribution < -0.4 is 4.74 Å². The van der Waals surface area contributed by atoms with Gasteiger partial charge in [-0.1, -0.05) is 18.7 Å². The minimum atomic E-state index is 0.450. The molecule has 0 spiro atoms. The molecule has 2 nitrogen and oxygen atoms in total. The van der Waals surface area contributed by atoms with Gasteiger partial charge < -0.3 is 4.74 Å². The number of ether oxygens (including phenoxy) is 1. The minimum Gasteiger partial charge on any atom is -0.488 e. The van der Waals surface area contributed by atoms with E-state index in [1.54, 1.807) is 6.07 Å². The summed E-state index contributed by atoms with van der Waals surface area (Å²) in [5.41, 5.74) is 2.49. The predicted molar refractivity (Wildman–Crippen MR) is 56.9 cm³/mol. The monoisotopic (exact) mass is 190 g/mol. The van der Waals surface area contributed by atoms with Gasteiger partial charge in [-0.3, -0.25) is 4.79 Å². The Labute approximate surface area is 84.2 Å². The second-order valence-corrected chi connectivity index (χ2v) is 3.36. The highest BCUT2D eigenvalue weighted by molar-refractivity contribution is 5.80. The molecule has 0 saturated heterocycles. The van der Waals surface area contributed by atoms with Crippen LogP contribution in [0.25, 0.3) is 0 Å². The fourth-order valence-corrected chi connectivity index (χ4v) is 1.16. The molecule has 0 N–H and O–H groups in total. The normalized spacial score (nSPS) is 9.57. The third kappa shape index (κ3) is 2.46. The van der Waals surface area contributed by atoms with E-state index in [0.717, 1.165) is 17.4 Å². The van der Waals surface area contributed by atoms with E-state index in [0.29, 0.717) is 17.9 Å². The maximum Gasteiger partial charge on any atom is 0.153 e. The van der Waals surface area contributed by atoms with Crippen LogP contribution in [-0.4, -0.2) is 12.9 Å². The molecule has 0 fully saturated rings. The van der Waals surface area contributed by atoms with E-state index < -0.39 is 0 Å². The average Bonchev–Trinajstić information content (AvgIpc) is 2.15. The van der Waals surface area contributed by atoms with Crippen molar-refractivity contribution in [1.82, 2.24) is 0 Å². The van der Waals surface area contributed by atoms with Gasteiger partial charge in [-0.15, -0.1) is 0 Å². The lowest BCUT2D eigenvalue weighted by atomic mass is 10.1. The molecule has 0 aliphatic rings. The molecule has 14 heavy (non-hydrogen) atoms. The van der Waals surface area contributed by atoms with Crippen molar-refractivity contribution in [2.24, 2.45) is 0 Å². The van der Waals surface area contributed by atoms with Crippen molar-refractivity contribution >= 4 is 6.29 Å². The van der Waals surface area contributed by atoms with Crippen LogP contribution in [0.5, 0.6) is 5.75 Å². The number of carbonyl (C=O) groups excluding carboxylic acids is 1. The molecule has 0 aliphatic heterocycles. The fourth-order valence-electron chi connectivity index (χ4n) is 1.16. The van der Waals surface area contributed by atoms with E-state index in [1.165, 1.54) is 0 Å². The van der Waals surface area contributed by atoms with Gasteiger partial charge in [0.15, 0.2) is 6.29 Å². The van der Waals surface area contributed by atoms with E-state index in [1.807, 2.05) is 26.0 Å². The third-order valence-corrected chi connectivity index (χ3v) is 1.83. The van der Waals surface area contributed by atoms with Crippen LogP contribution in [0, 0.1) is 6.92 Å². The summed E-state index contributed by atoms with van der Waals surface area (Å²) in [6.45, 7) is 8.00. The lowest BCUT2D eigenvalue weighted by Crippen LogP contribution is -2.01. The first-order valence-electron chi connectivity index (χ1n) is 4.47. The van der Waals surface area contributed by atoms with E-state index >= 15 is 0 Å². The number of hydrogen-bond acceptors (Lipinski definition) is 2. The molecule has 1 aromatic rings. The maximum absolute atomic E-state index is 10.7. The summed E-state index contributed by atoms with van der Waals surface area (Å²) in [4.78, 5) is 10.7. The van der Waals surface area contributed by atoms with Gasteiger partial charge in [0.25, 0.3) is 0 Å². The molecule has 0 amide bonds. The molecule has 0 radical (unpaired) electrons. The highest BCUT2D eigenvalue weighted by atomic mass is 16.5. The lowest BCUT2D eigenvalue weighted by molar-refractivity contribution is 0.112. The second kappa shape index (κ2) is 4.61. The van der Waals surface area contributed by atoms with Crippen molar-refractivity contribution < 1.29 is 9.53 Å². The average molecular weight is 190 g/mol. The molecule has 0 heterocycles. The Bertz CT molecular complexity index is 353. The van der Waals surface area contributed by atoms with E-state index in [2.05, 4.69) is 6.58 Å². The van der Waals surface area contributed by atoms with Gasteiger partial charge in [0.05, 0.1) is 5.56 Å². The number of benzene rings is 1. The van der Waals surface area contributed by atoms with Crippen LogP contribution in [-0.2, 0) is 0 Å². The molecule has 0 atom stereocenters. The van der Waals surface area contributed by atoms with Crippen molar-refractivity contribution in [2.45, 2.75) is 13.8 Å². The van der Waals surface area contributed by atoms with Crippen LogP contribution in [0.1, 0.15) is 22.8 Å². The van der Waals surface area contributed by atoms with Crippen molar-refractivity contribution in [2.75, 3.05) is 6.61 Å². The number of rotatable bonds is 4. The maximum atomic E-state index is 10.7. The molecule has 0 aromatic heterocycles. The summed E-state index contributed by atoms with van der Waals surface area (Å²) in [7, 11) is 0. The van der Waals surface area contributed by atoms with Gasteiger partial charge in [0.1, 0.15) is 12.4 Å². The molecule has 0 bridgehead atoms. The smallest absolute Gasteiger partial charge is 0.153 e. The highest BCUT2D eigenvalue weighted by Gasteiger charge is 2.05. The second-order valence-electron chi connectivity index (χ2n) is 3.36. The van der Waals surface area contributed by atoms with Crippen LogP contribution in [0.4, 0.5) is 0 Å². The quantitative estimate of drug-likeness (QED) is 0.539. The zero-order valence-electron chi connectivity index (χ0n) is 8.54. The molecular formula is C12H14O2. The van der Waals surface area contributed by atoms with Crippen LogP contribution in [0.15, 0.2) is 30.4 Å². The first-order chi connectivity index (χ1) is 6.65. The summed E-state index contributed by atoms with van der Waals surface area (Å²) in [6, 6.07) is 5.50. The standard InChI is InChI=1S/C12H14O2/c1-9(2)8-14-12-10(3)5-4-6-11(12)7-13/h4-7H,1,8H2,2-3H3. The summed E-state index contributed by atoms with van der Waals surface area (Å²) in [5, 5.41) is 0. The number of carbonyl (C=O) groups is 1. The summed E-state index contributed by atoms with van der Waals surface area (Å²) >= 11 is 0. The summed E-state index contributed by atoms with van der Waals surface area (Å²) in [5.74, 6) is 0.658. The fraction of sp³-hybridized carbons (Fsp3) is 0.250. The van der Waals surface area contributed by atoms with Gasteiger partial charge in [-0.2, -0.15) is 0 Å². The molecule has 0 aliphatic carbocycles. The van der Waals surface area contributed by atoms with Crippen molar-refractivity contribution in [3.63, 3.8) is 0 Å². The molecule has 1 aromatic carbocycles. The molecule has 74 valence electrons. The van der Waals surface area contributed by atoms with Crippen molar-refractivity contribution in [1.29, 1.82) is 0 Å². The predicted octanol–water partition coefficient (Wildman–Crippen LogP) is 2.76. The number of hydrogen-bond donors (Lipinski definition) is 0. The van der Waals surface area contributed by atoms with Crippen molar-refractivity contribution in [3.8, 4) is 5.75 Å². The third-order valence-electron chi connectivity index (χ3n) is 1.83. The largest absolute Gasteiger partial charge is 0.488 e. The van der Waals surface area contributed by atoms with E-state index in [-0.39, 0.29) is 0 Å². The SMILES string of the molecule is C=C(C)COc1c(C)cccc1C=O. The molecule has 0 saturated carbocycles. The van der Waals surface area contributed by atoms with Crippen LogP contribution >= 0.6 is 0 Å². The number of aryl methyl sites for hydroxylation is 1. The Balaban J connectivity index is 2.93. The molecule has 2 heteroatoms. The minimum absolute atomic E-state index is 0.450. The Morgan fingerprint density at radius 2 is 2.29 bits per heavy atom. The topological polar surface area (TPSA) is 26.3 Å². The van der Waals surface area contributed by atoms with Gasteiger partial charge in [0.2, 0.25) is 0 Å². The van der Waals surface area contributed by atoms with E-state index in [4.69, 9.17) is 4.74 Å². The Morgan fingerprint density at radius 1 is 1.57 bits per heavy atom. The van der Waals surface area contributed by atoms with E-state index in [9.17, 15) is 4.79 Å². The summed E-state index contributed by atoms with van der Waals surface area (Å²) in [6.07, 6.45) is 0.806. The Morgan fingerprint density at radius 3 is 2.86 bits per heavy atom. The zero-order chi connectivity index (χ0) is 10.6. The molecular weight excluding hydrogens is 176 g/mol. The first-order valence-corrected chi connectivity index (χ1v) is 4.47. The Hall–Kier alpha value is -1.57. The molecule has 0 unspecified atom stereocenters. The number of aldehydes is 1. The Kier molecular flexibility index (Phi) is 3.46. The van der Waals surface area contributed by atoms with Crippen molar-refractivity contribution in [3.05, 3.63) is 41.5 Å². The summed E-state index contributed by atoms with van der Waals surface area (Å²) < 4.78 is 5.49. The van der Waals surface area contributed by atoms with Crippen LogP contribution in [0.2, 0.25) is 0 Å². The molecule has 1 rings (SSSR count). The number of para-hydroxylation sites is 1. The van der Waals surface area contributed by atoms with Gasteiger partial charge in [0, 0.05) is 0 Å². The van der Waals surface area contributed by atoms with Crippen LogP contribution in [0.3, 0.4) is 0 Å². The van der Waals surface area contributed by atoms with Gasteiger partial charge >= 0.3 is 0 Å². The lowest BCUT2D eigenvalue weighted by Gasteiger charge is -2.10. The van der Waals surface area contributed by atoms with Gasteiger partial charge in [-0.05, 0) is 31.1 Å². The zero-order valence-corrected chi connectivity index (χ0v) is 8.54. The van der Waals surface area contributed by atoms with Gasteiger partial charge in [-0.25, -0.2) is 0 Å².